The van der Waals surface area contributed by atoms with Gasteiger partial charge in [-0.15, -0.1) is 0 Å². The molecule has 0 radical (unpaired) electrons. The highest BCUT2D eigenvalue weighted by Crippen LogP contribution is 2.15. The molecular formula is C12H18N2O2S. The molecular weight excluding hydrogens is 236 g/mol. The van der Waals surface area contributed by atoms with Gasteiger partial charge < -0.3 is 15.7 Å². The van der Waals surface area contributed by atoms with E-state index in [9.17, 15) is 9.90 Å². The van der Waals surface area contributed by atoms with Gasteiger partial charge in [0, 0.05) is 6.54 Å². The molecule has 0 bridgehead atoms. The summed E-state index contributed by atoms with van der Waals surface area (Å²) in [5.74, 6) is -0.000945. The van der Waals surface area contributed by atoms with Gasteiger partial charge in [-0.25, -0.2) is 0 Å². The van der Waals surface area contributed by atoms with Crippen LogP contribution in [-0.4, -0.2) is 30.1 Å². The minimum atomic E-state index is -0.603. The van der Waals surface area contributed by atoms with Crippen LogP contribution >= 0.6 is 11.3 Å². The lowest BCUT2D eigenvalue weighted by Gasteiger charge is -2.23. The molecule has 2 atom stereocenters. The number of aliphatic hydroxyl groups excluding tert-OH is 1. The molecule has 2 heterocycles. The first-order chi connectivity index (χ1) is 8.27. The highest BCUT2D eigenvalue weighted by atomic mass is 32.1. The Morgan fingerprint density at radius 2 is 2.53 bits per heavy atom. The molecule has 17 heavy (non-hydrogen) atoms. The molecule has 1 unspecified atom stereocenters. The van der Waals surface area contributed by atoms with E-state index < -0.39 is 6.10 Å². The number of piperidine rings is 1. The lowest BCUT2D eigenvalue weighted by molar-refractivity contribution is -0.124. The van der Waals surface area contributed by atoms with E-state index in [0.29, 0.717) is 0 Å². The number of carbonyl (C=O) groups is 1. The van der Waals surface area contributed by atoms with Gasteiger partial charge in [-0.05, 0) is 41.8 Å². The third-order valence-electron chi connectivity index (χ3n) is 3.02. The quantitative estimate of drug-likeness (QED) is 0.752. The number of hydrogen-bond acceptors (Lipinski definition) is 4. The maximum absolute atomic E-state index is 11.8. The number of carbonyl (C=O) groups excluding carboxylic acids is 1. The van der Waals surface area contributed by atoms with Crippen molar-refractivity contribution in [2.45, 2.75) is 31.4 Å². The fraction of sp³-hybridized carbons (Fsp3) is 0.583. The summed E-state index contributed by atoms with van der Waals surface area (Å²) in [5.41, 5.74) is 0.868. The van der Waals surface area contributed by atoms with Gasteiger partial charge in [0.2, 0.25) is 5.91 Å². The Morgan fingerprint density at radius 1 is 1.65 bits per heavy atom. The summed E-state index contributed by atoms with van der Waals surface area (Å²) in [4.78, 5) is 11.8. The van der Waals surface area contributed by atoms with E-state index in [1.807, 2.05) is 16.8 Å². The lowest BCUT2D eigenvalue weighted by Crippen LogP contribution is -2.47. The minimum Gasteiger partial charge on any atom is -0.387 e. The van der Waals surface area contributed by atoms with Crippen LogP contribution in [0.3, 0.4) is 0 Å². The van der Waals surface area contributed by atoms with Crippen LogP contribution in [0.4, 0.5) is 0 Å². The Kier molecular flexibility index (Phi) is 4.53. The zero-order valence-corrected chi connectivity index (χ0v) is 10.5. The largest absolute Gasteiger partial charge is 0.387 e. The SMILES string of the molecule is O=C(NCC(O)c1ccsc1)[C@H]1CCCCN1. The molecule has 2 rings (SSSR count). The summed E-state index contributed by atoms with van der Waals surface area (Å²) >= 11 is 1.55. The zero-order chi connectivity index (χ0) is 12.1. The van der Waals surface area contributed by atoms with Crippen molar-refractivity contribution in [2.24, 2.45) is 0 Å². The van der Waals surface area contributed by atoms with Crippen molar-refractivity contribution in [2.75, 3.05) is 13.1 Å². The summed E-state index contributed by atoms with van der Waals surface area (Å²) in [6.45, 7) is 1.19. The number of thiophene rings is 1. The molecule has 94 valence electrons. The summed E-state index contributed by atoms with van der Waals surface area (Å²) in [6, 6.07) is 1.79. The van der Waals surface area contributed by atoms with E-state index in [-0.39, 0.29) is 18.5 Å². The first kappa shape index (κ1) is 12.5. The molecule has 0 spiro atoms. The fourth-order valence-electron chi connectivity index (χ4n) is 1.98. The Hall–Kier alpha value is -0.910. The second-order valence-electron chi connectivity index (χ2n) is 4.32. The Bertz CT molecular complexity index is 347. The maximum Gasteiger partial charge on any atom is 0.237 e. The standard InChI is InChI=1S/C12H18N2O2S/c15-11(9-4-6-17-8-9)7-14-12(16)10-3-1-2-5-13-10/h4,6,8,10-11,13,15H,1-3,5,7H2,(H,14,16)/t10-,11?/m1/s1. The van der Waals surface area contributed by atoms with Crippen LogP contribution in [0.15, 0.2) is 16.8 Å². The molecule has 1 saturated heterocycles. The monoisotopic (exact) mass is 254 g/mol. The van der Waals surface area contributed by atoms with Gasteiger partial charge >= 0.3 is 0 Å². The molecule has 5 heteroatoms. The second kappa shape index (κ2) is 6.14. The number of amides is 1. The topological polar surface area (TPSA) is 61.4 Å². The molecule has 0 aliphatic carbocycles. The van der Waals surface area contributed by atoms with Gasteiger partial charge in [-0.1, -0.05) is 6.42 Å². The van der Waals surface area contributed by atoms with Gasteiger partial charge in [0.1, 0.15) is 0 Å². The molecule has 1 aliphatic heterocycles. The predicted octanol–water partition coefficient (Wildman–Crippen LogP) is 1.04. The average Bonchev–Trinajstić information content (AvgIpc) is 2.90. The van der Waals surface area contributed by atoms with E-state index in [2.05, 4.69) is 10.6 Å². The number of aliphatic hydroxyl groups is 1. The van der Waals surface area contributed by atoms with E-state index >= 15 is 0 Å². The second-order valence-corrected chi connectivity index (χ2v) is 5.10. The van der Waals surface area contributed by atoms with Gasteiger partial charge in [0.05, 0.1) is 12.1 Å². The van der Waals surface area contributed by atoms with Crippen molar-refractivity contribution in [3.05, 3.63) is 22.4 Å². The van der Waals surface area contributed by atoms with Crippen molar-refractivity contribution in [3.8, 4) is 0 Å². The highest BCUT2D eigenvalue weighted by molar-refractivity contribution is 7.07. The van der Waals surface area contributed by atoms with Crippen molar-refractivity contribution >= 4 is 17.2 Å². The maximum atomic E-state index is 11.8. The molecule has 1 fully saturated rings. The predicted molar refractivity (Wildman–Crippen MR) is 67.9 cm³/mol. The van der Waals surface area contributed by atoms with E-state index in [1.54, 1.807) is 11.3 Å². The third-order valence-corrected chi connectivity index (χ3v) is 3.73. The molecule has 1 amide bonds. The number of nitrogens with one attached hydrogen (secondary N) is 2. The first-order valence-corrected chi connectivity index (χ1v) is 6.93. The van der Waals surface area contributed by atoms with Gasteiger partial charge in [0.15, 0.2) is 0 Å². The molecule has 0 aromatic carbocycles. The molecule has 1 aliphatic rings. The van der Waals surface area contributed by atoms with Crippen LogP contribution in [0.1, 0.15) is 30.9 Å². The van der Waals surface area contributed by atoms with Crippen molar-refractivity contribution < 1.29 is 9.90 Å². The van der Waals surface area contributed by atoms with Gasteiger partial charge in [-0.3, -0.25) is 4.79 Å². The summed E-state index contributed by atoms with van der Waals surface area (Å²) in [6.07, 6.45) is 2.52. The van der Waals surface area contributed by atoms with Crippen molar-refractivity contribution in [3.63, 3.8) is 0 Å². The highest BCUT2D eigenvalue weighted by Gasteiger charge is 2.20. The Labute approximate surface area is 105 Å². The lowest BCUT2D eigenvalue weighted by atomic mass is 10.0. The smallest absolute Gasteiger partial charge is 0.237 e. The van der Waals surface area contributed by atoms with Crippen LogP contribution in [0.2, 0.25) is 0 Å². The van der Waals surface area contributed by atoms with Gasteiger partial charge in [-0.2, -0.15) is 11.3 Å². The van der Waals surface area contributed by atoms with Crippen molar-refractivity contribution in [1.29, 1.82) is 0 Å². The molecule has 4 nitrogen and oxygen atoms in total. The number of rotatable bonds is 4. The summed E-state index contributed by atoms with van der Waals surface area (Å²) < 4.78 is 0. The van der Waals surface area contributed by atoms with Crippen molar-refractivity contribution in [1.82, 2.24) is 10.6 Å². The molecule has 1 aromatic heterocycles. The van der Waals surface area contributed by atoms with Crippen LogP contribution in [0.25, 0.3) is 0 Å². The molecule has 1 aromatic rings. The summed E-state index contributed by atoms with van der Waals surface area (Å²) in [7, 11) is 0. The van der Waals surface area contributed by atoms with E-state index in [1.165, 1.54) is 0 Å². The van der Waals surface area contributed by atoms with Crippen LogP contribution in [0.5, 0.6) is 0 Å². The van der Waals surface area contributed by atoms with Gasteiger partial charge in [0.25, 0.3) is 0 Å². The van der Waals surface area contributed by atoms with Crippen LogP contribution in [-0.2, 0) is 4.79 Å². The minimum absolute atomic E-state index is 0.000945. The normalized spacial score (nSPS) is 22.1. The zero-order valence-electron chi connectivity index (χ0n) is 9.69. The van der Waals surface area contributed by atoms with Crippen LogP contribution < -0.4 is 10.6 Å². The Morgan fingerprint density at radius 3 is 3.18 bits per heavy atom. The number of hydrogen-bond donors (Lipinski definition) is 3. The fourth-order valence-corrected chi connectivity index (χ4v) is 2.69. The summed E-state index contributed by atoms with van der Waals surface area (Å²) in [5, 5.41) is 19.6. The first-order valence-electron chi connectivity index (χ1n) is 5.98. The van der Waals surface area contributed by atoms with E-state index in [4.69, 9.17) is 0 Å². The Balaban J connectivity index is 1.75. The van der Waals surface area contributed by atoms with Crippen LogP contribution in [0, 0.1) is 0 Å². The molecule has 3 N–H and O–H groups in total. The van der Waals surface area contributed by atoms with E-state index in [0.717, 1.165) is 31.4 Å². The molecule has 0 saturated carbocycles. The average molecular weight is 254 g/mol. The third kappa shape index (κ3) is 3.52.